The summed E-state index contributed by atoms with van der Waals surface area (Å²) in [7, 11) is 0.195. The second-order valence-corrected chi connectivity index (χ2v) is 7.48. The molecule has 1 rings (SSSR count). The Morgan fingerprint density at radius 1 is 1.33 bits per heavy atom. The molecule has 0 amide bonds. The first-order valence-electron chi connectivity index (χ1n) is 6.84. The minimum Gasteiger partial charge on any atom is -0.323 e. The molecular formula is C13H25N5O2S. The number of hydrogen-bond donors (Lipinski definition) is 2. The lowest BCUT2D eigenvalue weighted by molar-refractivity contribution is 0.312. The number of anilines is 1. The lowest BCUT2D eigenvalue weighted by Crippen LogP contribution is -2.39. The van der Waals surface area contributed by atoms with Crippen LogP contribution >= 0.6 is 0 Å². The third-order valence-electron chi connectivity index (χ3n) is 2.92. The molecule has 0 bridgehead atoms. The van der Waals surface area contributed by atoms with Gasteiger partial charge in [-0.3, -0.25) is 10.8 Å². The van der Waals surface area contributed by atoms with Crippen LogP contribution in [0.4, 0.5) is 5.69 Å². The molecule has 0 radical (unpaired) electrons. The monoisotopic (exact) mass is 315 g/mol. The molecule has 0 saturated heterocycles. The van der Waals surface area contributed by atoms with Gasteiger partial charge in [-0.2, -0.15) is 4.31 Å². The highest BCUT2D eigenvalue weighted by Gasteiger charge is 2.27. The van der Waals surface area contributed by atoms with Crippen molar-refractivity contribution in [1.29, 1.82) is 0 Å². The number of nitrogens with zero attached hydrogens (tertiary/aromatic N) is 3. The van der Waals surface area contributed by atoms with Gasteiger partial charge in [0.2, 0.25) is 10.0 Å². The molecule has 3 N–H and O–H groups in total. The van der Waals surface area contributed by atoms with Crippen LogP contribution in [0, 0.1) is 5.92 Å². The molecule has 0 saturated carbocycles. The largest absolute Gasteiger partial charge is 0.323 e. The normalized spacial score (nSPS) is 12.4. The van der Waals surface area contributed by atoms with Gasteiger partial charge in [0.15, 0.2) is 0 Å². The van der Waals surface area contributed by atoms with E-state index in [9.17, 15) is 8.42 Å². The SMILES string of the molecule is CC(C)CN(CCN(C)C)S(=O)(=O)c1cnccc1NN. The predicted octanol–water partition coefficient (Wildman–Crippen LogP) is 0.576. The van der Waals surface area contributed by atoms with Crippen LogP contribution in [0.25, 0.3) is 0 Å². The van der Waals surface area contributed by atoms with Crippen molar-refractivity contribution in [3.05, 3.63) is 18.5 Å². The fourth-order valence-electron chi connectivity index (χ4n) is 1.87. The molecule has 0 unspecified atom stereocenters. The Hall–Kier alpha value is -1.22. The molecule has 1 aromatic heterocycles. The van der Waals surface area contributed by atoms with Crippen LogP contribution in [0.2, 0.25) is 0 Å². The van der Waals surface area contributed by atoms with Gasteiger partial charge in [0.05, 0.1) is 5.69 Å². The van der Waals surface area contributed by atoms with E-state index < -0.39 is 10.0 Å². The standard InChI is InChI=1S/C13H25N5O2S/c1-11(2)10-18(8-7-17(3)4)21(19,20)13-9-15-6-5-12(13)16-14/h5-6,9,11H,7-8,10,14H2,1-4H3,(H,15,16). The minimum atomic E-state index is -3.63. The maximum Gasteiger partial charge on any atom is 0.246 e. The van der Waals surface area contributed by atoms with Gasteiger partial charge in [0, 0.05) is 32.0 Å². The van der Waals surface area contributed by atoms with E-state index in [0.29, 0.717) is 25.3 Å². The van der Waals surface area contributed by atoms with Gasteiger partial charge in [0.1, 0.15) is 4.90 Å². The van der Waals surface area contributed by atoms with Crippen molar-refractivity contribution in [3.63, 3.8) is 0 Å². The van der Waals surface area contributed by atoms with Crippen molar-refractivity contribution in [1.82, 2.24) is 14.2 Å². The number of likely N-dealkylation sites (N-methyl/N-ethyl adjacent to an activating group) is 1. The Labute approximate surface area is 127 Å². The minimum absolute atomic E-state index is 0.104. The number of rotatable bonds is 8. The highest BCUT2D eigenvalue weighted by molar-refractivity contribution is 7.89. The molecule has 7 nitrogen and oxygen atoms in total. The molecule has 0 aliphatic heterocycles. The van der Waals surface area contributed by atoms with E-state index in [-0.39, 0.29) is 10.8 Å². The summed E-state index contributed by atoms with van der Waals surface area (Å²) in [5.74, 6) is 5.63. The summed E-state index contributed by atoms with van der Waals surface area (Å²) in [4.78, 5) is 5.96. The first-order valence-corrected chi connectivity index (χ1v) is 8.28. The topological polar surface area (TPSA) is 91.6 Å². The molecule has 0 atom stereocenters. The summed E-state index contributed by atoms with van der Waals surface area (Å²) in [6.45, 7) is 5.51. The Morgan fingerprint density at radius 3 is 2.52 bits per heavy atom. The quantitative estimate of drug-likeness (QED) is 0.538. The predicted molar refractivity (Wildman–Crippen MR) is 84.2 cm³/mol. The average Bonchev–Trinajstić information content (AvgIpc) is 2.42. The molecule has 0 spiro atoms. The summed E-state index contributed by atoms with van der Waals surface area (Å²) in [5.41, 5.74) is 2.77. The van der Waals surface area contributed by atoms with E-state index in [1.54, 1.807) is 6.07 Å². The maximum absolute atomic E-state index is 12.8. The van der Waals surface area contributed by atoms with Gasteiger partial charge in [-0.1, -0.05) is 13.8 Å². The Kier molecular flexibility index (Phi) is 6.53. The Bertz CT molecular complexity index is 545. The van der Waals surface area contributed by atoms with Crippen LogP contribution in [0.3, 0.4) is 0 Å². The fourth-order valence-corrected chi connectivity index (χ4v) is 3.57. The summed E-state index contributed by atoms with van der Waals surface area (Å²) in [6.07, 6.45) is 2.83. The van der Waals surface area contributed by atoms with Gasteiger partial charge in [-0.15, -0.1) is 0 Å². The second-order valence-electron chi connectivity index (χ2n) is 5.58. The van der Waals surface area contributed by atoms with Crippen molar-refractivity contribution in [2.75, 3.05) is 39.2 Å². The number of sulfonamides is 1. The highest BCUT2D eigenvalue weighted by atomic mass is 32.2. The van der Waals surface area contributed by atoms with Gasteiger partial charge in [-0.25, -0.2) is 8.42 Å². The lowest BCUT2D eigenvalue weighted by Gasteiger charge is -2.26. The summed E-state index contributed by atoms with van der Waals surface area (Å²) < 4.78 is 27.1. The molecule has 0 aliphatic carbocycles. The van der Waals surface area contributed by atoms with Crippen molar-refractivity contribution in [2.45, 2.75) is 18.7 Å². The maximum atomic E-state index is 12.8. The first-order chi connectivity index (χ1) is 9.78. The van der Waals surface area contributed by atoms with Crippen molar-refractivity contribution >= 4 is 15.7 Å². The van der Waals surface area contributed by atoms with Gasteiger partial charge >= 0.3 is 0 Å². The zero-order valence-electron chi connectivity index (χ0n) is 13.1. The number of hydrogen-bond acceptors (Lipinski definition) is 6. The molecule has 0 fully saturated rings. The second kappa shape index (κ2) is 7.69. The zero-order chi connectivity index (χ0) is 16.0. The third kappa shape index (κ3) is 4.92. The van der Waals surface area contributed by atoms with Gasteiger partial charge < -0.3 is 10.3 Å². The summed E-state index contributed by atoms with van der Waals surface area (Å²) >= 11 is 0. The van der Waals surface area contributed by atoms with Crippen molar-refractivity contribution < 1.29 is 8.42 Å². The van der Waals surface area contributed by atoms with E-state index >= 15 is 0 Å². The van der Waals surface area contributed by atoms with Crippen LogP contribution in [0.5, 0.6) is 0 Å². The first kappa shape index (κ1) is 17.8. The Balaban J connectivity index is 3.13. The average molecular weight is 315 g/mol. The van der Waals surface area contributed by atoms with E-state index in [0.717, 1.165) is 0 Å². The summed E-state index contributed by atoms with van der Waals surface area (Å²) in [5, 5.41) is 0. The van der Waals surface area contributed by atoms with Crippen molar-refractivity contribution in [3.8, 4) is 0 Å². The highest BCUT2D eigenvalue weighted by Crippen LogP contribution is 2.23. The summed E-state index contributed by atoms with van der Waals surface area (Å²) in [6, 6.07) is 1.55. The fraction of sp³-hybridized carbons (Fsp3) is 0.615. The molecule has 120 valence electrons. The van der Waals surface area contributed by atoms with Crippen molar-refractivity contribution in [2.24, 2.45) is 11.8 Å². The van der Waals surface area contributed by atoms with E-state index in [1.165, 1.54) is 16.7 Å². The number of pyridine rings is 1. The number of aromatic nitrogens is 1. The van der Waals surface area contributed by atoms with Gasteiger partial charge in [-0.05, 0) is 26.1 Å². The Morgan fingerprint density at radius 2 is 2.00 bits per heavy atom. The molecule has 0 aliphatic rings. The van der Waals surface area contributed by atoms with Crippen LogP contribution in [-0.4, -0.2) is 56.3 Å². The molecule has 1 heterocycles. The van der Waals surface area contributed by atoms with E-state index in [4.69, 9.17) is 5.84 Å². The lowest BCUT2D eigenvalue weighted by atomic mass is 10.2. The van der Waals surface area contributed by atoms with Crippen LogP contribution in [-0.2, 0) is 10.0 Å². The number of nitrogens with two attached hydrogens (primary N) is 1. The van der Waals surface area contributed by atoms with Crippen LogP contribution in [0.1, 0.15) is 13.8 Å². The molecule has 21 heavy (non-hydrogen) atoms. The smallest absolute Gasteiger partial charge is 0.246 e. The molecule has 1 aromatic rings. The third-order valence-corrected chi connectivity index (χ3v) is 4.82. The number of hydrazine groups is 1. The molecule has 8 heteroatoms. The molecular weight excluding hydrogens is 290 g/mol. The number of nitrogen functional groups attached to an aromatic ring is 1. The van der Waals surface area contributed by atoms with Crippen LogP contribution < -0.4 is 11.3 Å². The van der Waals surface area contributed by atoms with Crippen LogP contribution in [0.15, 0.2) is 23.4 Å². The number of nitrogens with one attached hydrogen (secondary N) is 1. The zero-order valence-corrected chi connectivity index (χ0v) is 13.9. The van der Waals surface area contributed by atoms with E-state index in [2.05, 4.69) is 10.4 Å². The van der Waals surface area contributed by atoms with E-state index in [1.807, 2.05) is 32.8 Å². The molecule has 0 aromatic carbocycles. The van der Waals surface area contributed by atoms with Gasteiger partial charge in [0.25, 0.3) is 0 Å².